The third kappa shape index (κ3) is 81.5. The highest BCUT2D eigenvalue weighted by atomic mass is 31.2. The lowest BCUT2D eigenvalue weighted by molar-refractivity contribution is -0.161. The summed E-state index contributed by atoms with van der Waals surface area (Å²) in [5.74, 6) is -1.69. The second-order valence-electron chi connectivity index (χ2n) is 26.8. The van der Waals surface area contributed by atoms with Crippen LogP contribution in [0.2, 0.25) is 0 Å². The maximum atomic E-state index is 12.9. The Morgan fingerprint density at radius 1 is 0.262 bits per heavy atom. The molecule has 608 valence electrons. The molecule has 0 saturated carbocycles. The van der Waals surface area contributed by atoms with Crippen LogP contribution in [0.25, 0.3) is 0 Å². The van der Waals surface area contributed by atoms with Crippen molar-refractivity contribution in [1.82, 2.24) is 0 Å². The van der Waals surface area contributed by atoms with Gasteiger partial charge in [-0.2, -0.15) is 0 Å². The van der Waals surface area contributed by atoms with Crippen LogP contribution >= 0.6 is 15.6 Å². The van der Waals surface area contributed by atoms with Gasteiger partial charge in [-0.25, -0.2) is 9.13 Å². The van der Waals surface area contributed by atoms with Gasteiger partial charge in [-0.15, -0.1) is 0 Å². The maximum Gasteiger partial charge on any atom is 0.472 e. The van der Waals surface area contributed by atoms with Crippen LogP contribution in [0.15, 0.2) is 182 Å². The van der Waals surface area contributed by atoms with E-state index in [1.54, 1.807) is 0 Å². The number of hydrogen-bond donors (Lipinski definition) is 4. The summed E-state index contributed by atoms with van der Waals surface area (Å²) in [7, 11) is -9.83. The van der Waals surface area contributed by atoms with Gasteiger partial charge in [-0.1, -0.05) is 319 Å². The van der Waals surface area contributed by atoms with E-state index >= 15 is 0 Å². The average molecular weight is 1530 g/mol. The average Bonchev–Trinajstić information content (AvgIpc) is 0.907. The van der Waals surface area contributed by atoms with Crippen molar-refractivity contribution in [1.29, 1.82) is 0 Å². The molecule has 0 aromatic heterocycles. The van der Waals surface area contributed by atoms with Crippen LogP contribution in [0.3, 0.4) is 0 Å². The number of carbonyl (C=O) groups excluding carboxylic acids is 3. The lowest BCUT2D eigenvalue weighted by Crippen LogP contribution is -2.30. The van der Waals surface area contributed by atoms with E-state index in [0.29, 0.717) is 25.7 Å². The molecule has 0 aliphatic carbocycles. The van der Waals surface area contributed by atoms with E-state index in [0.717, 1.165) is 135 Å². The summed E-state index contributed by atoms with van der Waals surface area (Å²) >= 11 is 0. The Bertz CT molecular complexity index is 2670. The largest absolute Gasteiger partial charge is 0.472 e. The molecule has 0 radical (unpaired) electrons. The van der Waals surface area contributed by atoms with Crippen molar-refractivity contribution in [2.75, 3.05) is 39.6 Å². The molecule has 0 heterocycles. The van der Waals surface area contributed by atoms with Gasteiger partial charge < -0.3 is 34.2 Å². The van der Waals surface area contributed by atoms with Gasteiger partial charge in [-0.3, -0.25) is 32.5 Å². The summed E-state index contributed by atoms with van der Waals surface area (Å²) in [6, 6.07) is 0. The normalized spacial score (nSPS) is 14.9. The number of carbonyl (C=O) groups is 3. The molecule has 107 heavy (non-hydrogen) atoms. The standard InChI is InChI=1S/C89H146O16P2/c1-4-7-10-13-16-19-22-25-28-31-33-34-35-36-37-38-39-40-41-42-43-44-45-46-47-48-50-53-54-57-60-63-66-69-72-75-87(92)99-78-84(90)79-101-106(95,96)102-80-85(91)81-103-107(97,98)104-83-86(105-89(94)77-74-71-68-65-62-59-56-51-30-27-24-21-18-15-12-9-6-3)82-100-88(93)76-73-70-67-64-61-58-55-52-49-32-29-26-23-20-17-14-11-8-5-2/h7-12,16-21,25-30,33-34,36-37,49,52,56,58-59,61,65,68,84-86,90-91H,4-6,13-15,22-24,31-32,35,38-48,50-51,53-55,57,60,62-64,66-67,69-83H2,1-3H3,(H,95,96)(H,97,98)/b10-7-,11-8-,12-9-,19-16-,20-17-,21-18-,28-25-,29-26-,30-27-,34-33-,37-36-,52-49-,59-56-,61-58-,68-65-. The molecule has 0 amide bonds. The van der Waals surface area contributed by atoms with E-state index in [2.05, 4.69) is 191 Å². The number of phosphoric acid groups is 2. The third-order valence-electron chi connectivity index (χ3n) is 16.6. The molecule has 0 fully saturated rings. The molecule has 0 saturated heterocycles. The van der Waals surface area contributed by atoms with Crippen molar-refractivity contribution >= 4 is 33.6 Å². The number of hydrogen-bond acceptors (Lipinski definition) is 14. The summed E-state index contributed by atoms with van der Waals surface area (Å²) in [6.07, 6.45) is 104. The first-order valence-corrected chi connectivity index (χ1v) is 44.1. The van der Waals surface area contributed by atoms with Crippen molar-refractivity contribution in [3.63, 3.8) is 0 Å². The van der Waals surface area contributed by atoms with Crippen LogP contribution in [0.1, 0.15) is 303 Å². The van der Waals surface area contributed by atoms with Crippen molar-refractivity contribution in [2.45, 2.75) is 322 Å². The molecule has 4 N–H and O–H groups in total. The van der Waals surface area contributed by atoms with E-state index in [4.69, 9.17) is 32.3 Å². The Morgan fingerprint density at radius 3 is 0.776 bits per heavy atom. The maximum absolute atomic E-state index is 12.9. The zero-order chi connectivity index (χ0) is 78.0. The highest BCUT2D eigenvalue weighted by Gasteiger charge is 2.29. The minimum Gasteiger partial charge on any atom is -0.463 e. The first-order valence-electron chi connectivity index (χ1n) is 41.1. The number of rotatable bonds is 76. The van der Waals surface area contributed by atoms with E-state index in [1.807, 2.05) is 12.2 Å². The molecule has 0 bridgehead atoms. The lowest BCUT2D eigenvalue weighted by atomic mass is 10.0. The molecule has 0 aliphatic rings. The SMILES string of the molecule is CC/C=C\C/C=C\C/C=C\C/C=C\C/C=C\CCCCCCCCCCCCCCCCCCCCCC(=O)OCC(O)COP(=O)(O)OCC(O)COP(=O)(O)OCC(COC(=O)CCCCC/C=C\C/C=C\C/C=C\C/C=C\C/C=C\CC)OC(=O)CCC/C=C\C/C=C\C/C=C\C/C=C\C/C=C\CC. The number of ether oxygens (including phenoxy) is 3. The molecule has 0 aromatic carbocycles. The molecular weight excluding hydrogens is 1390 g/mol. The van der Waals surface area contributed by atoms with E-state index in [1.165, 1.54) is 103 Å². The quantitative estimate of drug-likeness (QED) is 0.0146. The number of phosphoric ester groups is 2. The number of allylic oxidation sites excluding steroid dienone is 30. The van der Waals surface area contributed by atoms with Gasteiger partial charge in [0.05, 0.1) is 26.4 Å². The van der Waals surface area contributed by atoms with Crippen LogP contribution in [-0.4, -0.2) is 95.9 Å². The van der Waals surface area contributed by atoms with Gasteiger partial charge in [0.1, 0.15) is 25.4 Å². The highest BCUT2D eigenvalue weighted by Crippen LogP contribution is 2.45. The van der Waals surface area contributed by atoms with Crippen LogP contribution < -0.4 is 0 Å². The predicted octanol–water partition coefficient (Wildman–Crippen LogP) is 24.5. The van der Waals surface area contributed by atoms with Crippen molar-refractivity contribution in [3.8, 4) is 0 Å². The van der Waals surface area contributed by atoms with Crippen LogP contribution in [-0.2, 0) is 55.8 Å². The first kappa shape index (κ1) is 102. The second-order valence-corrected chi connectivity index (χ2v) is 29.7. The number of aliphatic hydroxyl groups is 2. The topological polar surface area (TPSA) is 231 Å². The molecule has 16 nitrogen and oxygen atoms in total. The first-order chi connectivity index (χ1) is 52.2. The van der Waals surface area contributed by atoms with Crippen molar-refractivity contribution in [3.05, 3.63) is 182 Å². The Labute approximate surface area is 649 Å². The second kappa shape index (κ2) is 80.2. The van der Waals surface area contributed by atoms with E-state index in [-0.39, 0.29) is 19.3 Å². The Kier molecular flexibility index (Phi) is 76.2. The summed E-state index contributed by atoms with van der Waals surface area (Å²) in [6.45, 7) is 2.22. The van der Waals surface area contributed by atoms with Gasteiger partial charge >= 0.3 is 33.6 Å². The zero-order valence-electron chi connectivity index (χ0n) is 66.5. The van der Waals surface area contributed by atoms with Gasteiger partial charge in [-0.05, 0) is 148 Å². The molecule has 0 rings (SSSR count). The van der Waals surface area contributed by atoms with Gasteiger partial charge in [0, 0.05) is 19.3 Å². The predicted molar refractivity (Wildman–Crippen MR) is 445 cm³/mol. The number of unbranched alkanes of at least 4 members (excludes halogenated alkanes) is 23. The van der Waals surface area contributed by atoms with Crippen LogP contribution in [0.5, 0.6) is 0 Å². The molecule has 5 unspecified atom stereocenters. The number of esters is 3. The molecule has 0 aromatic rings. The highest BCUT2D eigenvalue weighted by molar-refractivity contribution is 7.47. The lowest BCUT2D eigenvalue weighted by Gasteiger charge is -2.21. The Balaban J connectivity index is 4.49. The summed E-state index contributed by atoms with van der Waals surface area (Å²) in [5, 5.41) is 20.7. The minimum atomic E-state index is -4.96. The summed E-state index contributed by atoms with van der Waals surface area (Å²) in [4.78, 5) is 58.6. The van der Waals surface area contributed by atoms with Crippen LogP contribution in [0, 0.1) is 0 Å². The fourth-order valence-electron chi connectivity index (χ4n) is 10.5. The fourth-order valence-corrected chi connectivity index (χ4v) is 12.1. The van der Waals surface area contributed by atoms with Crippen molar-refractivity contribution < 1.29 is 75.8 Å². The van der Waals surface area contributed by atoms with Crippen molar-refractivity contribution in [2.24, 2.45) is 0 Å². The van der Waals surface area contributed by atoms with Gasteiger partial charge in [0.2, 0.25) is 0 Å². The van der Waals surface area contributed by atoms with E-state index in [9.17, 15) is 43.5 Å². The smallest absolute Gasteiger partial charge is 0.463 e. The summed E-state index contributed by atoms with van der Waals surface area (Å²) < 4.78 is 61.1. The Morgan fingerprint density at radius 2 is 0.477 bits per heavy atom. The molecule has 5 atom stereocenters. The monoisotopic (exact) mass is 1530 g/mol. The molecule has 0 spiro atoms. The fraction of sp³-hybridized carbons (Fsp3) is 0.629. The van der Waals surface area contributed by atoms with Gasteiger partial charge in [0.15, 0.2) is 6.10 Å². The van der Waals surface area contributed by atoms with E-state index < -0.39 is 91.5 Å². The Hall–Kier alpha value is -5.35. The zero-order valence-corrected chi connectivity index (χ0v) is 68.3. The van der Waals surface area contributed by atoms with Crippen LogP contribution in [0.4, 0.5) is 0 Å². The molecular formula is C89H146O16P2. The molecule has 18 heteroatoms. The molecule has 0 aliphatic heterocycles. The third-order valence-corrected chi connectivity index (χ3v) is 18.5. The number of aliphatic hydroxyl groups excluding tert-OH is 2. The summed E-state index contributed by atoms with van der Waals surface area (Å²) in [5.41, 5.74) is 0. The van der Waals surface area contributed by atoms with Gasteiger partial charge in [0.25, 0.3) is 0 Å². The minimum absolute atomic E-state index is 0.0124.